The monoisotopic (exact) mass is 296 g/mol. The molecule has 1 aromatic carbocycles. The summed E-state index contributed by atoms with van der Waals surface area (Å²) in [6.45, 7) is 6.31. The van der Waals surface area contributed by atoms with E-state index in [0.29, 0.717) is 13.0 Å². The molecule has 2 amide bonds. The van der Waals surface area contributed by atoms with Gasteiger partial charge in [-0.15, -0.1) is 0 Å². The van der Waals surface area contributed by atoms with E-state index >= 15 is 0 Å². The molecule has 0 fully saturated rings. The van der Waals surface area contributed by atoms with Crippen LogP contribution in [0.15, 0.2) is 24.3 Å². The van der Waals surface area contributed by atoms with Crippen LogP contribution < -0.4 is 10.6 Å². The smallest absolute Gasteiger partial charge is 0.315 e. The summed E-state index contributed by atoms with van der Waals surface area (Å²) in [6.07, 6.45) is 1.30. The SMILES string of the molecule is CCC(CCO)NC(=O)NCC(C)(C)c1cccc(F)c1. The van der Waals surface area contributed by atoms with E-state index in [9.17, 15) is 9.18 Å². The number of urea groups is 1. The second kappa shape index (κ2) is 7.98. The van der Waals surface area contributed by atoms with E-state index in [2.05, 4.69) is 10.6 Å². The highest BCUT2D eigenvalue weighted by molar-refractivity contribution is 5.74. The van der Waals surface area contributed by atoms with E-state index in [1.54, 1.807) is 6.07 Å². The highest BCUT2D eigenvalue weighted by Gasteiger charge is 2.22. The van der Waals surface area contributed by atoms with Crippen LogP contribution in [-0.2, 0) is 5.41 Å². The third-order valence-corrected chi connectivity index (χ3v) is 3.60. The summed E-state index contributed by atoms with van der Waals surface area (Å²) >= 11 is 0. The van der Waals surface area contributed by atoms with Gasteiger partial charge in [-0.25, -0.2) is 9.18 Å². The van der Waals surface area contributed by atoms with Crippen molar-refractivity contribution in [3.63, 3.8) is 0 Å². The molecule has 118 valence electrons. The van der Waals surface area contributed by atoms with Crippen molar-refractivity contribution in [1.82, 2.24) is 10.6 Å². The Morgan fingerprint density at radius 3 is 2.71 bits per heavy atom. The third kappa shape index (κ3) is 5.71. The van der Waals surface area contributed by atoms with Gasteiger partial charge in [-0.3, -0.25) is 0 Å². The lowest BCUT2D eigenvalue weighted by atomic mass is 9.84. The molecular weight excluding hydrogens is 271 g/mol. The van der Waals surface area contributed by atoms with Crippen molar-refractivity contribution in [2.45, 2.75) is 45.1 Å². The number of hydrogen-bond donors (Lipinski definition) is 3. The fourth-order valence-electron chi connectivity index (χ4n) is 2.08. The lowest BCUT2D eigenvalue weighted by molar-refractivity contribution is 0.226. The van der Waals surface area contributed by atoms with Gasteiger partial charge in [0.25, 0.3) is 0 Å². The Hall–Kier alpha value is -1.62. The Kier molecular flexibility index (Phi) is 6.62. The van der Waals surface area contributed by atoms with E-state index in [4.69, 9.17) is 5.11 Å². The van der Waals surface area contributed by atoms with E-state index in [-0.39, 0.29) is 29.9 Å². The minimum atomic E-state index is -0.363. The van der Waals surface area contributed by atoms with Crippen LogP contribution in [0.5, 0.6) is 0 Å². The topological polar surface area (TPSA) is 61.4 Å². The van der Waals surface area contributed by atoms with Gasteiger partial charge >= 0.3 is 6.03 Å². The van der Waals surface area contributed by atoms with E-state index in [1.165, 1.54) is 12.1 Å². The molecule has 4 nitrogen and oxygen atoms in total. The van der Waals surface area contributed by atoms with Gasteiger partial charge in [0.15, 0.2) is 0 Å². The van der Waals surface area contributed by atoms with Gasteiger partial charge in [0.2, 0.25) is 0 Å². The lowest BCUT2D eigenvalue weighted by Crippen LogP contribution is -2.46. The first kappa shape index (κ1) is 17.4. The number of halogens is 1. The van der Waals surface area contributed by atoms with Crippen LogP contribution in [0.3, 0.4) is 0 Å². The van der Waals surface area contributed by atoms with Gasteiger partial charge in [-0.05, 0) is 30.5 Å². The standard InChI is InChI=1S/C16H25FN2O2/c1-4-14(8-9-20)19-15(21)18-11-16(2,3)12-6-5-7-13(17)10-12/h5-7,10,14,20H,4,8-9,11H2,1-3H3,(H2,18,19,21). The van der Waals surface area contributed by atoms with Crippen molar-refractivity contribution >= 4 is 6.03 Å². The molecule has 0 radical (unpaired) electrons. The fourth-order valence-corrected chi connectivity index (χ4v) is 2.08. The molecule has 21 heavy (non-hydrogen) atoms. The molecule has 5 heteroatoms. The van der Waals surface area contributed by atoms with Crippen LogP contribution in [0.2, 0.25) is 0 Å². The number of rotatable bonds is 7. The molecule has 0 aromatic heterocycles. The predicted molar refractivity (Wildman–Crippen MR) is 81.7 cm³/mol. The van der Waals surface area contributed by atoms with Gasteiger partial charge in [0.05, 0.1) is 0 Å². The molecule has 0 aliphatic carbocycles. The average molecular weight is 296 g/mol. The molecule has 0 aliphatic rings. The zero-order valence-electron chi connectivity index (χ0n) is 12.9. The molecule has 1 unspecified atom stereocenters. The maximum absolute atomic E-state index is 13.3. The van der Waals surface area contributed by atoms with Crippen LogP contribution in [0, 0.1) is 5.82 Å². The Balaban J connectivity index is 2.54. The fraction of sp³-hybridized carbons (Fsp3) is 0.562. The van der Waals surface area contributed by atoms with Gasteiger partial charge in [-0.2, -0.15) is 0 Å². The van der Waals surface area contributed by atoms with Crippen LogP contribution in [0.25, 0.3) is 0 Å². The molecule has 0 saturated carbocycles. The van der Waals surface area contributed by atoms with Crippen molar-refractivity contribution in [1.29, 1.82) is 0 Å². The minimum Gasteiger partial charge on any atom is -0.396 e. The highest BCUT2D eigenvalue weighted by atomic mass is 19.1. The summed E-state index contributed by atoms with van der Waals surface area (Å²) in [5.41, 5.74) is 0.475. The lowest BCUT2D eigenvalue weighted by Gasteiger charge is -2.26. The Morgan fingerprint density at radius 1 is 1.43 bits per heavy atom. The number of carbonyl (C=O) groups is 1. The molecule has 3 N–H and O–H groups in total. The van der Waals surface area contributed by atoms with E-state index < -0.39 is 0 Å². The van der Waals surface area contributed by atoms with Crippen LogP contribution >= 0.6 is 0 Å². The summed E-state index contributed by atoms with van der Waals surface area (Å²) in [5, 5.41) is 14.5. The zero-order chi connectivity index (χ0) is 15.9. The Bertz CT molecular complexity index is 463. The maximum Gasteiger partial charge on any atom is 0.315 e. The van der Waals surface area contributed by atoms with Gasteiger partial charge in [0.1, 0.15) is 5.82 Å². The largest absolute Gasteiger partial charge is 0.396 e. The average Bonchev–Trinajstić information content (AvgIpc) is 2.45. The number of benzene rings is 1. The molecule has 0 bridgehead atoms. The summed E-state index contributed by atoms with van der Waals surface area (Å²) in [7, 11) is 0. The summed E-state index contributed by atoms with van der Waals surface area (Å²) in [4.78, 5) is 11.9. The molecule has 0 saturated heterocycles. The van der Waals surface area contributed by atoms with Gasteiger partial charge < -0.3 is 15.7 Å². The van der Waals surface area contributed by atoms with Crippen molar-refractivity contribution < 1.29 is 14.3 Å². The summed E-state index contributed by atoms with van der Waals surface area (Å²) < 4.78 is 13.3. The second-order valence-corrected chi connectivity index (χ2v) is 5.84. The normalized spacial score (nSPS) is 12.8. The second-order valence-electron chi connectivity index (χ2n) is 5.84. The zero-order valence-corrected chi connectivity index (χ0v) is 12.9. The van der Waals surface area contributed by atoms with Crippen molar-refractivity contribution in [2.75, 3.05) is 13.2 Å². The number of amides is 2. The third-order valence-electron chi connectivity index (χ3n) is 3.60. The van der Waals surface area contributed by atoms with Crippen molar-refractivity contribution in [2.24, 2.45) is 0 Å². The Morgan fingerprint density at radius 2 is 2.14 bits per heavy atom. The maximum atomic E-state index is 13.3. The molecule has 0 spiro atoms. The molecule has 1 aromatic rings. The van der Waals surface area contributed by atoms with E-state index in [0.717, 1.165) is 12.0 Å². The van der Waals surface area contributed by atoms with Crippen LogP contribution in [0.1, 0.15) is 39.2 Å². The van der Waals surface area contributed by atoms with Crippen LogP contribution in [-0.4, -0.2) is 30.3 Å². The molecule has 0 heterocycles. The molecule has 1 atom stereocenters. The number of aliphatic hydroxyl groups excluding tert-OH is 1. The molecular formula is C16H25FN2O2. The van der Waals surface area contributed by atoms with Crippen molar-refractivity contribution in [3.05, 3.63) is 35.6 Å². The highest BCUT2D eigenvalue weighted by Crippen LogP contribution is 2.22. The van der Waals surface area contributed by atoms with Gasteiger partial charge in [0, 0.05) is 24.6 Å². The number of nitrogens with one attached hydrogen (secondary N) is 2. The first-order valence-corrected chi connectivity index (χ1v) is 7.30. The first-order chi connectivity index (χ1) is 9.89. The molecule has 1 rings (SSSR count). The van der Waals surface area contributed by atoms with Crippen LogP contribution in [0.4, 0.5) is 9.18 Å². The number of aliphatic hydroxyl groups is 1. The van der Waals surface area contributed by atoms with E-state index in [1.807, 2.05) is 26.8 Å². The quantitative estimate of drug-likeness (QED) is 0.724. The summed E-state index contributed by atoms with van der Waals surface area (Å²) in [5.74, 6) is -0.279. The first-order valence-electron chi connectivity index (χ1n) is 7.30. The van der Waals surface area contributed by atoms with Gasteiger partial charge in [-0.1, -0.05) is 32.9 Å². The molecule has 0 aliphatic heterocycles. The predicted octanol–water partition coefficient (Wildman–Crippen LogP) is 2.56. The number of carbonyl (C=O) groups excluding carboxylic acids is 1. The summed E-state index contributed by atoms with van der Waals surface area (Å²) in [6, 6.07) is 6.11. The minimum absolute atomic E-state index is 0.0349. The Labute approximate surface area is 125 Å². The number of hydrogen-bond acceptors (Lipinski definition) is 2. The van der Waals surface area contributed by atoms with Crippen molar-refractivity contribution in [3.8, 4) is 0 Å².